The molecule has 156 valence electrons. The van der Waals surface area contributed by atoms with Gasteiger partial charge in [0.25, 0.3) is 0 Å². The molecule has 3 heterocycles. The van der Waals surface area contributed by atoms with Crippen molar-refractivity contribution < 1.29 is 14.2 Å². The molecule has 0 bridgehead atoms. The first kappa shape index (κ1) is 18.8. The summed E-state index contributed by atoms with van der Waals surface area (Å²) in [5.74, 6) is 1.99. The van der Waals surface area contributed by atoms with Crippen LogP contribution >= 0.6 is 0 Å². The molecule has 3 N–H and O–H groups in total. The van der Waals surface area contributed by atoms with Gasteiger partial charge in [-0.15, -0.1) is 0 Å². The number of hydrogen-bond acceptors (Lipinski definition) is 9. The molecule has 9 heteroatoms. The van der Waals surface area contributed by atoms with Crippen molar-refractivity contribution >= 4 is 22.7 Å². The van der Waals surface area contributed by atoms with Gasteiger partial charge in [-0.3, -0.25) is 4.98 Å². The maximum absolute atomic E-state index is 6.25. The third-order valence-electron chi connectivity index (χ3n) is 5.40. The molecular formula is C21H24N6O3. The summed E-state index contributed by atoms with van der Waals surface area (Å²) in [5.41, 5.74) is 8.12. The molecule has 1 aliphatic heterocycles. The Morgan fingerprint density at radius 1 is 0.900 bits per heavy atom. The summed E-state index contributed by atoms with van der Waals surface area (Å²) in [7, 11) is 0. The number of ether oxygens (including phenoxy) is 3. The van der Waals surface area contributed by atoms with E-state index >= 15 is 0 Å². The van der Waals surface area contributed by atoms with Crippen LogP contribution in [0.4, 0.5) is 11.6 Å². The van der Waals surface area contributed by atoms with Crippen molar-refractivity contribution in [3.05, 3.63) is 36.9 Å². The van der Waals surface area contributed by atoms with E-state index < -0.39 is 0 Å². The Hall–Kier alpha value is -3.20. The zero-order valence-electron chi connectivity index (χ0n) is 16.5. The fourth-order valence-electron chi connectivity index (χ4n) is 3.77. The molecule has 2 aliphatic rings. The van der Waals surface area contributed by atoms with Crippen LogP contribution < -0.4 is 20.5 Å². The van der Waals surface area contributed by atoms with E-state index in [1.54, 1.807) is 24.8 Å². The van der Waals surface area contributed by atoms with Gasteiger partial charge < -0.3 is 25.3 Å². The van der Waals surface area contributed by atoms with Gasteiger partial charge in [0.15, 0.2) is 5.75 Å². The van der Waals surface area contributed by atoms with Crippen LogP contribution in [0.3, 0.4) is 0 Å². The molecule has 1 saturated carbocycles. The van der Waals surface area contributed by atoms with Crippen LogP contribution in [-0.4, -0.2) is 51.4 Å². The lowest BCUT2D eigenvalue weighted by Crippen LogP contribution is -2.38. The summed E-state index contributed by atoms with van der Waals surface area (Å²) < 4.78 is 17.0. The standard InChI is InChI=1S/C21H24N6O3/c22-13-7-18-20(24-6-5-23-18)19(8-13)30-15-3-1-14(2-4-15)27-21-25-9-16(10-26-21)29-17-11-28-12-17/h5-10,14-15,17H,1-4,11-12,22H2,(H,25,26,27). The van der Waals surface area contributed by atoms with E-state index in [-0.39, 0.29) is 12.2 Å². The second-order valence-corrected chi connectivity index (χ2v) is 7.70. The number of anilines is 2. The van der Waals surface area contributed by atoms with Crippen LogP contribution in [0.5, 0.6) is 11.5 Å². The first-order valence-corrected chi connectivity index (χ1v) is 10.2. The maximum atomic E-state index is 6.25. The number of rotatable bonds is 6. The summed E-state index contributed by atoms with van der Waals surface area (Å²) >= 11 is 0. The molecule has 1 aromatic carbocycles. The van der Waals surface area contributed by atoms with Gasteiger partial charge in [0, 0.05) is 30.2 Å². The summed E-state index contributed by atoms with van der Waals surface area (Å²) in [6.45, 7) is 1.26. The second-order valence-electron chi connectivity index (χ2n) is 7.70. The average Bonchev–Trinajstić information content (AvgIpc) is 2.73. The topological polar surface area (TPSA) is 117 Å². The summed E-state index contributed by atoms with van der Waals surface area (Å²) in [6.07, 6.45) is 10.8. The Labute approximate surface area is 174 Å². The molecule has 30 heavy (non-hydrogen) atoms. The molecule has 9 nitrogen and oxygen atoms in total. The highest BCUT2D eigenvalue weighted by molar-refractivity contribution is 5.84. The lowest BCUT2D eigenvalue weighted by molar-refractivity contribution is -0.0799. The Morgan fingerprint density at radius 2 is 1.67 bits per heavy atom. The van der Waals surface area contributed by atoms with Crippen molar-refractivity contribution in [2.75, 3.05) is 24.3 Å². The van der Waals surface area contributed by atoms with Crippen LogP contribution in [-0.2, 0) is 4.74 Å². The lowest BCUT2D eigenvalue weighted by Gasteiger charge is -2.30. The number of nitrogens with two attached hydrogens (primary N) is 1. The van der Waals surface area contributed by atoms with Crippen molar-refractivity contribution in [3.8, 4) is 11.5 Å². The quantitative estimate of drug-likeness (QED) is 0.593. The van der Waals surface area contributed by atoms with Gasteiger partial charge in [-0.2, -0.15) is 0 Å². The van der Waals surface area contributed by atoms with E-state index in [1.165, 1.54) is 0 Å². The van der Waals surface area contributed by atoms with E-state index in [1.807, 2.05) is 12.1 Å². The minimum Gasteiger partial charge on any atom is -0.488 e. The number of nitrogens with one attached hydrogen (secondary N) is 1. The molecule has 3 aromatic rings. The lowest BCUT2D eigenvalue weighted by atomic mass is 9.93. The number of fused-ring (bicyclic) bond motifs is 1. The maximum Gasteiger partial charge on any atom is 0.223 e. The molecule has 2 aromatic heterocycles. The van der Waals surface area contributed by atoms with Gasteiger partial charge in [0.05, 0.1) is 37.2 Å². The summed E-state index contributed by atoms with van der Waals surface area (Å²) in [6, 6.07) is 3.95. The normalized spacial score (nSPS) is 21.7. The summed E-state index contributed by atoms with van der Waals surface area (Å²) in [5, 5.41) is 3.41. The number of aromatic nitrogens is 4. The largest absolute Gasteiger partial charge is 0.488 e. The van der Waals surface area contributed by atoms with Crippen LogP contribution in [0, 0.1) is 0 Å². The molecule has 0 unspecified atom stereocenters. The monoisotopic (exact) mass is 408 g/mol. The Kier molecular flexibility index (Phi) is 5.18. The van der Waals surface area contributed by atoms with Crippen molar-refractivity contribution in [1.29, 1.82) is 0 Å². The molecule has 0 amide bonds. The van der Waals surface area contributed by atoms with Crippen LogP contribution in [0.25, 0.3) is 11.0 Å². The Bertz CT molecular complexity index is 1000. The molecule has 2 fully saturated rings. The van der Waals surface area contributed by atoms with Crippen molar-refractivity contribution in [2.45, 2.75) is 43.9 Å². The number of nitrogen functional groups attached to an aromatic ring is 1. The molecule has 0 spiro atoms. The van der Waals surface area contributed by atoms with E-state index in [9.17, 15) is 0 Å². The molecule has 5 rings (SSSR count). The van der Waals surface area contributed by atoms with Crippen molar-refractivity contribution in [3.63, 3.8) is 0 Å². The predicted octanol–water partition coefficient (Wildman–Crippen LogP) is 2.58. The van der Waals surface area contributed by atoms with Crippen LogP contribution in [0.15, 0.2) is 36.9 Å². The third kappa shape index (κ3) is 4.20. The molecular weight excluding hydrogens is 384 g/mol. The Balaban J connectivity index is 1.15. The molecule has 1 aliphatic carbocycles. The average molecular weight is 408 g/mol. The highest BCUT2D eigenvalue weighted by Gasteiger charge is 2.24. The fraction of sp³-hybridized carbons (Fsp3) is 0.429. The number of benzene rings is 1. The van der Waals surface area contributed by atoms with Crippen molar-refractivity contribution in [2.24, 2.45) is 0 Å². The van der Waals surface area contributed by atoms with E-state index in [4.69, 9.17) is 19.9 Å². The van der Waals surface area contributed by atoms with Crippen LogP contribution in [0.1, 0.15) is 25.7 Å². The predicted molar refractivity (Wildman–Crippen MR) is 112 cm³/mol. The minimum absolute atomic E-state index is 0.116. The van der Waals surface area contributed by atoms with Gasteiger partial charge in [-0.1, -0.05) is 0 Å². The zero-order valence-corrected chi connectivity index (χ0v) is 16.5. The van der Waals surface area contributed by atoms with Gasteiger partial charge in [-0.05, 0) is 31.7 Å². The molecule has 1 saturated heterocycles. The van der Waals surface area contributed by atoms with Gasteiger partial charge >= 0.3 is 0 Å². The second kappa shape index (κ2) is 8.27. The highest BCUT2D eigenvalue weighted by atomic mass is 16.6. The van der Waals surface area contributed by atoms with Crippen LogP contribution in [0.2, 0.25) is 0 Å². The van der Waals surface area contributed by atoms with E-state index in [0.29, 0.717) is 42.4 Å². The summed E-state index contributed by atoms with van der Waals surface area (Å²) in [4.78, 5) is 17.5. The minimum atomic E-state index is 0.116. The van der Waals surface area contributed by atoms with E-state index in [2.05, 4.69) is 25.3 Å². The van der Waals surface area contributed by atoms with Gasteiger partial charge in [-0.25, -0.2) is 15.0 Å². The number of nitrogens with zero attached hydrogens (tertiary/aromatic N) is 4. The third-order valence-corrected chi connectivity index (χ3v) is 5.40. The fourth-order valence-corrected chi connectivity index (χ4v) is 3.77. The van der Waals surface area contributed by atoms with Crippen molar-refractivity contribution in [1.82, 2.24) is 19.9 Å². The first-order chi connectivity index (χ1) is 14.7. The smallest absolute Gasteiger partial charge is 0.223 e. The Morgan fingerprint density at radius 3 is 2.40 bits per heavy atom. The molecule has 0 atom stereocenters. The zero-order chi connectivity index (χ0) is 20.3. The van der Waals surface area contributed by atoms with Gasteiger partial charge in [0.1, 0.15) is 17.4 Å². The molecule has 0 radical (unpaired) electrons. The van der Waals surface area contributed by atoms with Gasteiger partial charge in [0.2, 0.25) is 5.95 Å². The first-order valence-electron chi connectivity index (χ1n) is 10.2. The SMILES string of the molecule is Nc1cc(OC2CCC(Nc3ncc(OC4COC4)cn3)CC2)c2nccnc2c1. The number of hydrogen-bond donors (Lipinski definition) is 2. The van der Waals surface area contributed by atoms with E-state index in [0.717, 1.165) is 36.7 Å². The highest BCUT2D eigenvalue weighted by Crippen LogP contribution is 2.30.